The predicted octanol–water partition coefficient (Wildman–Crippen LogP) is 4.09. The molecule has 0 aliphatic heterocycles. The van der Waals surface area contributed by atoms with Crippen LogP contribution in [0, 0.1) is 11.3 Å². The normalized spacial score (nSPS) is 20.8. The molecule has 1 fully saturated rings. The van der Waals surface area contributed by atoms with Crippen LogP contribution >= 0.6 is 11.3 Å². The van der Waals surface area contributed by atoms with Crippen LogP contribution in [-0.4, -0.2) is 21.6 Å². The Kier molecular flexibility index (Phi) is 4.87. The van der Waals surface area contributed by atoms with Gasteiger partial charge in [0, 0.05) is 4.88 Å². The maximum atomic E-state index is 13.0. The minimum Gasteiger partial charge on any atom is -0.461 e. The van der Waals surface area contributed by atoms with Crippen molar-refractivity contribution in [2.24, 2.45) is 11.3 Å². The number of esters is 1. The Morgan fingerprint density at radius 1 is 1.30 bits per heavy atom. The summed E-state index contributed by atoms with van der Waals surface area (Å²) in [5, 5.41) is 0.721. The lowest BCUT2D eigenvalue weighted by Crippen LogP contribution is -2.29. The lowest BCUT2D eigenvalue weighted by molar-refractivity contribution is -0.149. The van der Waals surface area contributed by atoms with E-state index >= 15 is 0 Å². The molecule has 6 heteroatoms. The maximum Gasteiger partial charge on any atom is 0.326 e. The van der Waals surface area contributed by atoms with Gasteiger partial charge in [0.2, 0.25) is 0 Å². The van der Waals surface area contributed by atoms with Crippen molar-refractivity contribution < 1.29 is 9.53 Å². The van der Waals surface area contributed by atoms with Gasteiger partial charge in [-0.25, -0.2) is 4.98 Å². The number of fused-ring (bicyclic) bond motifs is 3. The fourth-order valence-corrected chi connectivity index (χ4v) is 5.68. The quantitative estimate of drug-likeness (QED) is 0.743. The Hall–Kier alpha value is -1.69. The third-order valence-electron chi connectivity index (χ3n) is 6.16. The second-order valence-electron chi connectivity index (χ2n) is 9.06. The van der Waals surface area contributed by atoms with Gasteiger partial charge in [0.15, 0.2) is 0 Å². The fourth-order valence-electron chi connectivity index (χ4n) is 4.42. The molecule has 1 atom stereocenters. The van der Waals surface area contributed by atoms with E-state index < -0.39 is 0 Å². The van der Waals surface area contributed by atoms with E-state index in [0.717, 1.165) is 60.7 Å². The lowest BCUT2D eigenvalue weighted by atomic mass is 9.72. The summed E-state index contributed by atoms with van der Waals surface area (Å²) in [4.78, 5) is 31.9. The molecule has 1 saturated carbocycles. The monoisotopic (exact) mass is 388 g/mol. The Bertz CT molecular complexity index is 916. The van der Waals surface area contributed by atoms with Gasteiger partial charge in [-0.2, -0.15) is 0 Å². The molecule has 2 aromatic heterocycles. The average Bonchev–Trinajstić information content (AvgIpc) is 3.23. The Morgan fingerprint density at radius 3 is 2.74 bits per heavy atom. The van der Waals surface area contributed by atoms with Crippen LogP contribution in [0.4, 0.5) is 0 Å². The Morgan fingerprint density at radius 2 is 2.04 bits per heavy atom. The van der Waals surface area contributed by atoms with Gasteiger partial charge in [-0.05, 0) is 61.8 Å². The maximum absolute atomic E-state index is 13.0. The van der Waals surface area contributed by atoms with Gasteiger partial charge in [-0.1, -0.05) is 20.8 Å². The van der Waals surface area contributed by atoms with Crippen LogP contribution in [0.15, 0.2) is 11.1 Å². The van der Waals surface area contributed by atoms with E-state index in [4.69, 9.17) is 4.74 Å². The van der Waals surface area contributed by atoms with Crippen LogP contribution in [0.2, 0.25) is 0 Å². The van der Waals surface area contributed by atoms with E-state index in [0.29, 0.717) is 5.92 Å². The second-order valence-corrected chi connectivity index (χ2v) is 10.1. The van der Waals surface area contributed by atoms with E-state index in [1.54, 1.807) is 11.3 Å². The number of carbonyl (C=O) groups excluding carboxylic acids is 1. The van der Waals surface area contributed by atoms with Crippen molar-refractivity contribution in [1.29, 1.82) is 0 Å². The summed E-state index contributed by atoms with van der Waals surface area (Å²) in [6.07, 6.45) is 8.66. The predicted molar refractivity (Wildman–Crippen MR) is 107 cm³/mol. The largest absolute Gasteiger partial charge is 0.461 e. The number of carbonyl (C=O) groups is 1. The highest BCUT2D eigenvalue weighted by atomic mass is 32.1. The molecule has 2 aromatic rings. The van der Waals surface area contributed by atoms with E-state index in [1.807, 2.05) is 0 Å². The van der Waals surface area contributed by atoms with Crippen LogP contribution in [0.3, 0.4) is 0 Å². The minimum atomic E-state index is -0.331. The van der Waals surface area contributed by atoms with E-state index in [9.17, 15) is 9.59 Å². The van der Waals surface area contributed by atoms with Gasteiger partial charge >= 0.3 is 5.97 Å². The molecule has 0 bridgehead atoms. The number of aryl methyl sites for hydroxylation is 1. The molecular formula is C21H28N2O3S. The van der Waals surface area contributed by atoms with Crippen LogP contribution in [0.1, 0.15) is 63.3 Å². The molecule has 0 saturated heterocycles. The van der Waals surface area contributed by atoms with Crippen LogP contribution in [-0.2, 0) is 28.9 Å². The molecule has 2 aliphatic carbocycles. The zero-order chi connectivity index (χ0) is 19.2. The van der Waals surface area contributed by atoms with E-state index in [-0.39, 0.29) is 29.6 Å². The number of aromatic nitrogens is 2. The molecule has 2 heterocycles. The summed E-state index contributed by atoms with van der Waals surface area (Å²) in [5.74, 6) is 0.295. The van der Waals surface area contributed by atoms with Crippen molar-refractivity contribution in [3.8, 4) is 0 Å². The third-order valence-corrected chi connectivity index (χ3v) is 7.32. The van der Waals surface area contributed by atoms with Crippen LogP contribution in [0.25, 0.3) is 10.2 Å². The molecule has 27 heavy (non-hydrogen) atoms. The zero-order valence-corrected chi connectivity index (χ0v) is 17.2. The summed E-state index contributed by atoms with van der Waals surface area (Å²) in [6, 6.07) is 0. The molecule has 0 amide bonds. The molecule has 0 aromatic carbocycles. The molecule has 2 aliphatic rings. The first kappa shape index (κ1) is 18.7. The number of ether oxygens (including phenoxy) is 1. The highest BCUT2D eigenvalue weighted by Gasteiger charge is 2.32. The molecule has 0 unspecified atom stereocenters. The molecule has 5 nitrogen and oxygen atoms in total. The highest BCUT2D eigenvalue weighted by Crippen LogP contribution is 2.41. The van der Waals surface area contributed by atoms with Crippen LogP contribution < -0.4 is 5.56 Å². The van der Waals surface area contributed by atoms with Crippen molar-refractivity contribution in [3.63, 3.8) is 0 Å². The lowest BCUT2D eigenvalue weighted by Gasteiger charge is -2.33. The van der Waals surface area contributed by atoms with Crippen molar-refractivity contribution >= 4 is 27.5 Å². The van der Waals surface area contributed by atoms with Gasteiger partial charge in [-0.15, -0.1) is 11.3 Å². The SMILES string of the molecule is CC(C)(C)[C@@H]1CCc2c(sc3ncn(CC(=O)OC4CCCC4)c(=O)c23)C1. The number of thiophene rings is 1. The average molecular weight is 389 g/mol. The first-order valence-electron chi connectivity index (χ1n) is 10.0. The summed E-state index contributed by atoms with van der Waals surface area (Å²) in [7, 11) is 0. The molecule has 0 spiro atoms. The molecular weight excluding hydrogens is 360 g/mol. The van der Waals surface area contributed by atoms with Gasteiger partial charge < -0.3 is 4.74 Å². The standard InChI is InChI=1S/C21H28N2O3S/c1-21(2,3)13-8-9-15-16(10-13)27-19-18(15)20(25)23(12-22-19)11-17(24)26-14-6-4-5-7-14/h12-14H,4-11H2,1-3H3/t13-/m1/s1. The second kappa shape index (κ2) is 7.04. The summed E-state index contributed by atoms with van der Waals surface area (Å²) in [5.41, 5.74) is 1.33. The summed E-state index contributed by atoms with van der Waals surface area (Å²) >= 11 is 1.65. The van der Waals surface area contributed by atoms with Crippen molar-refractivity contribution in [2.45, 2.75) is 78.4 Å². The third kappa shape index (κ3) is 3.68. The van der Waals surface area contributed by atoms with Gasteiger partial charge in [-0.3, -0.25) is 14.2 Å². The molecule has 0 N–H and O–H groups in total. The molecule has 4 rings (SSSR count). The smallest absolute Gasteiger partial charge is 0.326 e. The first-order chi connectivity index (χ1) is 12.8. The number of hydrogen-bond acceptors (Lipinski definition) is 5. The van der Waals surface area contributed by atoms with Gasteiger partial charge in [0.1, 0.15) is 17.5 Å². The van der Waals surface area contributed by atoms with Gasteiger partial charge in [0.05, 0.1) is 11.7 Å². The molecule has 146 valence electrons. The van der Waals surface area contributed by atoms with Gasteiger partial charge in [0.25, 0.3) is 5.56 Å². The first-order valence-corrected chi connectivity index (χ1v) is 10.8. The number of nitrogens with zero attached hydrogens (tertiary/aromatic N) is 2. The summed E-state index contributed by atoms with van der Waals surface area (Å²) < 4.78 is 6.92. The van der Waals surface area contributed by atoms with E-state index in [1.165, 1.54) is 15.8 Å². The Labute approximate surface area is 163 Å². The van der Waals surface area contributed by atoms with Crippen LogP contribution in [0.5, 0.6) is 0 Å². The number of rotatable bonds is 3. The summed E-state index contributed by atoms with van der Waals surface area (Å²) in [6.45, 7) is 6.82. The minimum absolute atomic E-state index is 0.0214. The molecule has 0 radical (unpaired) electrons. The highest BCUT2D eigenvalue weighted by molar-refractivity contribution is 7.18. The zero-order valence-electron chi connectivity index (χ0n) is 16.4. The topological polar surface area (TPSA) is 61.2 Å². The Balaban J connectivity index is 1.59. The van der Waals surface area contributed by atoms with Crippen molar-refractivity contribution in [3.05, 3.63) is 27.1 Å². The number of hydrogen-bond donors (Lipinski definition) is 0. The fraction of sp³-hybridized carbons (Fsp3) is 0.667. The van der Waals surface area contributed by atoms with E-state index in [2.05, 4.69) is 25.8 Å². The van der Waals surface area contributed by atoms with Crippen molar-refractivity contribution in [2.75, 3.05) is 0 Å². The van der Waals surface area contributed by atoms with Crippen molar-refractivity contribution in [1.82, 2.24) is 9.55 Å².